The molecule has 8 nitrogen and oxygen atoms in total. The Morgan fingerprint density at radius 2 is 1.66 bits per heavy atom. The van der Waals surface area contributed by atoms with Crippen LogP contribution in [0.25, 0.3) is 0 Å². The number of benzene rings is 2. The second-order valence-corrected chi connectivity index (χ2v) is 9.96. The number of carbonyl (C=O) groups is 2. The van der Waals surface area contributed by atoms with Gasteiger partial charge in [0.15, 0.2) is 0 Å². The summed E-state index contributed by atoms with van der Waals surface area (Å²) in [5.74, 6) is -1.81. The van der Waals surface area contributed by atoms with E-state index in [4.69, 9.17) is 14.6 Å². The van der Waals surface area contributed by atoms with Crippen molar-refractivity contribution in [2.24, 2.45) is 11.8 Å². The third-order valence-corrected chi connectivity index (χ3v) is 7.20. The van der Waals surface area contributed by atoms with Crippen molar-refractivity contribution in [2.45, 2.75) is 42.8 Å². The van der Waals surface area contributed by atoms with E-state index in [9.17, 15) is 26.4 Å². The molecule has 1 heterocycles. The summed E-state index contributed by atoms with van der Waals surface area (Å²) >= 11 is 0. The lowest BCUT2D eigenvalue weighted by Crippen LogP contribution is -2.42. The molecule has 3 unspecified atom stereocenters. The van der Waals surface area contributed by atoms with Gasteiger partial charge >= 0.3 is 12.1 Å². The zero-order valence-electron chi connectivity index (χ0n) is 18.5. The molecule has 0 aromatic heterocycles. The molecular weight excluding hydrogens is 489 g/mol. The topological polar surface area (TPSA) is 122 Å². The van der Waals surface area contributed by atoms with Crippen molar-refractivity contribution >= 4 is 21.9 Å². The van der Waals surface area contributed by atoms with Crippen LogP contribution in [0.2, 0.25) is 0 Å². The molecule has 1 amide bonds. The van der Waals surface area contributed by atoms with E-state index in [2.05, 4.69) is 10.0 Å². The van der Waals surface area contributed by atoms with Crippen LogP contribution in [0.15, 0.2) is 59.5 Å². The summed E-state index contributed by atoms with van der Waals surface area (Å²) in [7, 11) is -3.95. The fourth-order valence-corrected chi connectivity index (χ4v) is 5.20. The number of para-hydroxylation sites is 1. The number of carboxylic acid groups (broad SMARTS) is 1. The molecule has 4 rings (SSSR count). The van der Waals surface area contributed by atoms with E-state index in [-0.39, 0.29) is 10.8 Å². The number of alkyl halides is 3. The lowest BCUT2D eigenvalue weighted by atomic mass is 9.79. The molecule has 1 saturated heterocycles. The first-order valence-electron chi connectivity index (χ1n) is 10.9. The SMILES string of the molecule is O=C(NS(=O)(=O)c1cccc(Oc2ccccc2)c1)C1CCC2CCNC2C1.O=C(O)C(F)(F)F. The van der Waals surface area contributed by atoms with Gasteiger partial charge in [0.1, 0.15) is 11.5 Å². The molecule has 1 aliphatic heterocycles. The Labute approximate surface area is 200 Å². The lowest BCUT2D eigenvalue weighted by Gasteiger charge is -2.30. The molecule has 35 heavy (non-hydrogen) atoms. The predicted octanol–water partition coefficient (Wildman–Crippen LogP) is 3.70. The van der Waals surface area contributed by atoms with Crippen molar-refractivity contribution in [1.82, 2.24) is 10.0 Å². The Morgan fingerprint density at radius 3 is 2.31 bits per heavy atom. The molecule has 1 aliphatic carbocycles. The lowest BCUT2D eigenvalue weighted by molar-refractivity contribution is -0.192. The number of halogens is 3. The first kappa shape index (κ1) is 26.5. The van der Waals surface area contributed by atoms with Crippen molar-refractivity contribution in [3.8, 4) is 11.5 Å². The quantitative estimate of drug-likeness (QED) is 0.556. The van der Waals surface area contributed by atoms with Crippen molar-refractivity contribution in [1.29, 1.82) is 0 Å². The third kappa shape index (κ3) is 7.43. The minimum Gasteiger partial charge on any atom is -0.475 e. The maximum absolute atomic E-state index is 12.7. The number of rotatable bonds is 5. The van der Waals surface area contributed by atoms with Gasteiger partial charge in [-0.15, -0.1) is 0 Å². The zero-order valence-corrected chi connectivity index (χ0v) is 19.3. The molecule has 0 radical (unpaired) electrons. The largest absolute Gasteiger partial charge is 0.490 e. The number of hydrogen-bond donors (Lipinski definition) is 3. The van der Waals surface area contributed by atoms with Gasteiger partial charge in [-0.25, -0.2) is 17.9 Å². The van der Waals surface area contributed by atoms with Crippen LogP contribution in [0.1, 0.15) is 25.7 Å². The van der Waals surface area contributed by atoms with Gasteiger partial charge in [0.05, 0.1) is 4.90 Å². The van der Waals surface area contributed by atoms with Gasteiger partial charge in [-0.2, -0.15) is 13.2 Å². The molecule has 2 aliphatic rings. The summed E-state index contributed by atoms with van der Waals surface area (Å²) in [6.45, 7) is 0.982. The summed E-state index contributed by atoms with van der Waals surface area (Å²) in [5, 5.41) is 10.5. The highest BCUT2D eigenvalue weighted by Crippen LogP contribution is 2.34. The Hall–Kier alpha value is -3.12. The number of hydrogen-bond acceptors (Lipinski definition) is 6. The van der Waals surface area contributed by atoms with Gasteiger partial charge in [0, 0.05) is 18.0 Å². The van der Waals surface area contributed by atoms with Crippen molar-refractivity contribution in [2.75, 3.05) is 6.54 Å². The Morgan fingerprint density at radius 1 is 1.00 bits per heavy atom. The van der Waals surface area contributed by atoms with Gasteiger partial charge in [-0.3, -0.25) is 4.79 Å². The Kier molecular flexibility index (Phi) is 8.39. The monoisotopic (exact) mass is 514 g/mol. The average molecular weight is 515 g/mol. The molecule has 1 saturated carbocycles. The minimum absolute atomic E-state index is 0.0157. The summed E-state index contributed by atoms with van der Waals surface area (Å²) in [6, 6.07) is 15.6. The summed E-state index contributed by atoms with van der Waals surface area (Å²) in [6.07, 6.45) is -1.54. The van der Waals surface area contributed by atoms with Crippen LogP contribution in [0.5, 0.6) is 11.5 Å². The fourth-order valence-electron chi connectivity index (χ4n) is 4.13. The van der Waals surface area contributed by atoms with Crippen LogP contribution in [-0.2, 0) is 19.6 Å². The van der Waals surface area contributed by atoms with E-state index in [1.54, 1.807) is 24.3 Å². The van der Waals surface area contributed by atoms with Gasteiger partial charge in [-0.05, 0) is 62.4 Å². The molecule has 0 spiro atoms. The number of carboxylic acids is 1. The normalized spacial score (nSPS) is 21.7. The standard InChI is InChI=1S/C21H24N2O4S.C2HF3O2/c24-21(16-10-9-15-11-12-22-20(15)13-16)23-28(25,26)19-8-4-7-18(14-19)27-17-5-2-1-3-6-17;3-2(4,5)1(6)7/h1-8,14-16,20,22H,9-13H2,(H,23,24);(H,6,7). The number of nitrogens with one attached hydrogen (secondary N) is 2. The Bertz CT molecular complexity index is 1140. The average Bonchev–Trinajstić information content (AvgIpc) is 3.27. The molecule has 190 valence electrons. The number of fused-ring (bicyclic) bond motifs is 1. The molecule has 3 atom stereocenters. The minimum atomic E-state index is -5.08. The second-order valence-electron chi connectivity index (χ2n) is 8.28. The van der Waals surface area contributed by atoms with E-state index >= 15 is 0 Å². The van der Waals surface area contributed by atoms with Crippen LogP contribution in [-0.4, -0.2) is 44.2 Å². The second kappa shape index (κ2) is 11.1. The summed E-state index contributed by atoms with van der Waals surface area (Å²) in [5.41, 5.74) is 0. The van der Waals surface area contributed by atoms with Crippen molar-refractivity contribution < 1.29 is 41.0 Å². The smallest absolute Gasteiger partial charge is 0.475 e. The van der Waals surface area contributed by atoms with Crippen molar-refractivity contribution in [3.05, 3.63) is 54.6 Å². The number of sulfonamides is 1. The predicted molar refractivity (Wildman–Crippen MR) is 119 cm³/mol. The molecule has 2 fully saturated rings. The molecule has 0 bridgehead atoms. The molecule has 2 aromatic rings. The van der Waals surface area contributed by atoms with Crippen molar-refractivity contribution in [3.63, 3.8) is 0 Å². The molecule has 2 aromatic carbocycles. The number of aliphatic carboxylic acids is 1. The Balaban J connectivity index is 0.000000429. The first-order chi connectivity index (χ1) is 16.5. The third-order valence-electron chi connectivity index (χ3n) is 5.86. The van der Waals surface area contributed by atoms with E-state index in [0.29, 0.717) is 29.9 Å². The summed E-state index contributed by atoms with van der Waals surface area (Å²) in [4.78, 5) is 21.5. The van der Waals surface area contributed by atoms with Crippen LogP contribution in [0.3, 0.4) is 0 Å². The molecule has 12 heteroatoms. The van der Waals surface area contributed by atoms with Crippen LogP contribution >= 0.6 is 0 Å². The zero-order chi connectivity index (χ0) is 25.6. The van der Waals surface area contributed by atoms with Crippen LogP contribution in [0, 0.1) is 11.8 Å². The first-order valence-corrected chi connectivity index (χ1v) is 12.4. The molecular formula is C23H25F3N2O6S. The fraction of sp³-hybridized carbons (Fsp3) is 0.391. The van der Waals surface area contributed by atoms with E-state index in [1.165, 1.54) is 12.1 Å². The molecule has 3 N–H and O–H groups in total. The van der Waals surface area contributed by atoms with E-state index in [0.717, 1.165) is 25.8 Å². The maximum Gasteiger partial charge on any atom is 0.490 e. The van der Waals surface area contributed by atoms with Gasteiger partial charge in [0.2, 0.25) is 5.91 Å². The van der Waals surface area contributed by atoms with E-state index in [1.807, 2.05) is 18.2 Å². The van der Waals surface area contributed by atoms with E-state index < -0.39 is 28.1 Å². The number of amides is 1. The number of carbonyl (C=O) groups excluding carboxylic acids is 1. The highest BCUT2D eigenvalue weighted by Gasteiger charge is 2.38. The van der Waals surface area contributed by atoms with Crippen LogP contribution < -0.4 is 14.8 Å². The van der Waals surface area contributed by atoms with Gasteiger partial charge in [-0.1, -0.05) is 24.3 Å². The summed E-state index contributed by atoms with van der Waals surface area (Å²) < 4.78 is 65.1. The highest BCUT2D eigenvalue weighted by molar-refractivity contribution is 7.90. The van der Waals surface area contributed by atoms with Crippen LogP contribution in [0.4, 0.5) is 13.2 Å². The highest BCUT2D eigenvalue weighted by atomic mass is 32.2. The number of ether oxygens (including phenoxy) is 1. The maximum atomic E-state index is 12.7. The van der Waals surface area contributed by atoms with Gasteiger partial charge < -0.3 is 15.2 Å². The van der Waals surface area contributed by atoms with Gasteiger partial charge in [0.25, 0.3) is 10.0 Å².